The van der Waals surface area contributed by atoms with E-state index >= 15 is 4.39 Å². The van der Waals surface area contributed by atoms with Gasteiger partial charge in [-0.1, -0.05) is 41.4 Å². The van der Waals surface area contributed by atoms with Crippen LogP contribution in [0.3, 0.4) is 0 Å². The van der Waals surface area contributed by atoms with Crippen molar-refractivity contribution in [3.05, 3.63) is 73.7 Å². The number of nitrogens with zero attached hydrogens (tertiary/aromatic N) is 1. The van der Waals surface area contributed by atoms with Crippen molar-refractivity contribution in [2.45, 2.75) is 13.0 Å². The van der Waals surface area contributed by atoms with E-state index in [-0.39, 0.29) is 41.1 Å². The summed E-state index contributed by atoms with van der Waals surface area (Å²) in [6, 6.07) is 7.99. The van der Waals surface area contributed by atoms with Crippen molar-refractivity contribution in [1.82, 2.24) is 4.57 Å². The number of pyridine rings is 1. The monoisotopic (exact) mass is 425 g/mol. The number of aliphatic hydroxyl groups excluding tert-OH is 1. The van der Waals surface area contributed by atoms with Gasteiger partial charge in [-0.3, -0.25) is 4.79 Å². The Morgan fingerprint density at radius 3 is 2.61 bits per heavy atom. The standard InChI is InChI=1S/C19H14Cl2FNO5/c20-12-3-1-2-10(16(12)21)8-11-4-5-13-15(17(11)22)18(25)14(28-19(26)27)9-23(13)6-7-24/h1-5,9,24H,6-8H2,(H,26,27). The fraction of sp³-hybridized carbons (Fsp3) is 0.158. The maximum absolute atomic E-state index is 15.2. The number of carbonyl (C=O) groups is 1. The zero-order valence-electron chi connectivity index (χ0n) is 14.3. The normalized spacial score (nSPS) is 11.0. The molecule has 0 bridgehead atoms. The van der Waals surface area contributed by atoms with E-state index in [1.165, 1.54) is 16.7 Å². The van der Waals surface area contributed by atoms with Gasteiger partial charge in [-0.15, -0.1) is 0 Å². The van der Waals surface area contributed by atoms with Crippen molar-refractivity contribution in [3.63, 3.8) is 0 Å². The number of fused-ring (bicyclic) bond motifs is 1. The maximum atomic E-state index is 15.2. The van der Waals surface area contributed by atoms with Gasteiger partial charge in [0.05, 0.1) is 33.8 Å². The first-order valence-corrected chi connectivity index (χ1v) is 8.88. The molecule has 0 atom stereocenters. The Morgan fingerprint density at radius 1 is 1.18 bits per heavy atom. The predicted octanol–water partition coefficient (Wildman–Crippen LogP) is 4.09. The van der Waals surface area contributed by atoms with Crippen LogP contribution in [-0.4, -0.2) is 27.5 Å². The second-order valence-electron chi connectivity index (χ2n) is 5.93. The fourth-order valence-corrected chi connectivity index (χ4v) is 3.33. The summed E-state index contributed by atoms with van der Waals surface area (Å²) in [4.78, 5) is 23.5. The van der Waals surface area contributed by atoms with Crippen molar-refractivity contribution in [2.75, 3.05) is 6.61 Å². The maximum Gasteiger partial charge on any atom is 0.511 e. The Balaban J connectivity index is 2.21. The average molecular weight is 426 g/mol. The third kappa shape index (κ3) is 3.82. The Kier molecular flexibility index (Phi) is 5.88. The second kappa shape index (κ2) is 8.18. The summed E-state index contributed by atoms with van der Waals surface area (Å²) in [6.07, 6.45) is -0.499. The molecule has 28 heavy (non-hydrogen) atoms. The molecule has 6 nitrogen and oxygen atoms in total. The third-order valence-corrected chi connectivity index (χ3v) is 5.04. The smallest absolute Gasteiger partial charge is 0.449 e. The predicted molar refractivity (Wildman–Crippen MR) is 103 cm³/mol. The van der Waals surface area contributed by atoms with E-state index in [2.05, 4.69) is 4.74 Å². The molecule has 0 unspecified atom stereocenters. The summed E-state index contributed by atoms with van der Waals surface area (Å²) in [7, 11) is 0. The molecule has 0 spiro atoms. The van der Waals surface area contributed by atoms with Crippen LogP contribution in [0.5, 0.6) is 5.75 Å². The minimum Gasteiger partial charge on any atom is -0.449 e. The first kappa shape index (κ1) is 20.1. The molecule has 1 aromatic heterocycles. The Bertz CT molecular complexity index is 1130. The Hall–Kier alpha value is -2.61. The van der Waals surface area contributed by atoms with Crippen LogP contribution in [0.15, 0.2) is 41.3 Å². The molecule has 0 fully saturated rings. The number of hydrogen-bond donors (Lipinski definition) is 2. The minimum atomic E-state index is -1.70. The van der Waals surface area contributed by atoms with Crippen LogP contribution in [0, 0.1) is 5.82 Å². The van der Waals surface area contributed by atoms with Gasteiger partial charge in [0, 0.05) is 13.0 Å². The fourth-order valence-electron chi connectivity index (χ4n) is 2.94. The molecule has 1 heterocycles. The highest BCUT2D eigenvalue weighted by Crippen LogP contribution is 2.29. The molecular formula is C19H14Cl2FNO5. The van der Waals surface area contributed by atoms with Gasteiger partial charge < -0.3 is 19.5 Å². The summed E-state index contributed by atoms with van der Waals surface area (Å²) in [6.45, 7) is -0.280. The lowest BCUT2D eigenvalue weighted by atomic mass is 10.0. The molecule has 0 saturated heterocycles. The SMILES string of the molecule is O=C(O)Oc1cn(CCO)c2ccc(Cc3cccc(Cl)c3Cl)c(F)c2c1=O. The number of aromatic nitrogens is 1. The van der Waals surface area contributed by atoms with E-state index in [4.69, 9.17) is 28.3 Å². The van der Waals surface area contributed by atoms with Crippen molar-refractivity contribution >= 4 is 40.3 Å². The summed E-state index contributed by atoms with van der Waals surface area (Å²) < 4.78 is 21.1. The van der Waals surface area contributed by atoms with Gasteiger partial charge in [-0.05, 0) is 23.3 Å². The zero-order valence-corrected chi connectivity index (χ0v) is 15.8. The molecule has 3 rings (SSSR count). The van der Waals surface area contributed by atoms with E-state index in [9.17, 15) is 14.7 Å². The quantitative estimate of drug-likeness (QED) is 0.601. The van der Waals surface area contributed by atoms with Crippen molar-refractivity contribution < 1.29 is 24.1 Å². The van der Waals surface area contributed by atoms with Gasteiger partial charge in [0.1, 0.15) is 5.82 Å². The molecule has 9 heteroatoms. The summed E-state index contributed by atoms with van der Waals surface area (Å²) in [5, 5.41) is 18.3. The van der Waals surface area contributed by atoms with Crippen LogP contribution in [0.4, 0.5) is 9.18 Å². The van der Waals surface area contributed by atoms with Gasteiger partial charge in [-0.25, -0.2) is 9.18 Å². The molecule has 0 radical (unpaired) electrons. The van der Waals surface area contributed by atoms with Crippen LogP contribution >= 0.6 is 23.2 Å². The lowest BCUT2D eigenvalue weighted by molar-refractivity contribution is 0.143. The molecule has 0 saturated carbocycles. The van der Waals surface area contributed by atoms with E-state index in [1.54, 1.807) is 18.2 Å². The first-order valence-electron chi connectivity index (χ1n) is 8.12. The highest BCUT2D eigenvalue weighted by molar-refractivity contribution is 6.42. The molecule has 0 aliphatic heterocycles. The van der Waals surface area contributed by atoms with Crippen LogP contribution in [0.25, 0.3) is 10.9 Å². The molecule has 0 aliphatic carbocycles. The lowest BCUT2D eigenvalue weighted by Gasteiger charge is -2.14. The zero-order chi connectivity index (χ0) is 20.4. The number of ether oxygens (including phenoxy) is 1. The molecule has 2 aromatic carbocycles. The molecule has 3 aromatic rings. The number of rotatable bonds is 5. The second-order valence-corrected chi connectivity index (χ2v) is 6.72. The van der Waals surface area contributed by atoms with E-state index in [0.29, 0.717) is 10.6 Å². The van der Waals surface area contributed by atoms with Gasteiger partial charge in [0.15, 0.2) is 5.75 Å². The summed E-state index contributed by atoms with van der Waals surface area (Å²) in [5.74, 6) is -1.37. The van der Waals surface area contributed by atoms with Crippen molar-refractivity contribution in [1.29, 1.82) is 0 Å². The molecule has 0 amide bonds. The van der Waals surface area contributed by atoms with E-state index < -0.39 is 23.2 Å². The average Bonchev–Trinajstić information content (AvgIpc) is 2.64. The van der Waals surface area contributed by atoms with E-state index in [0.717, 1.165) is 6.20 Å². The van der Waals surface area contributed by atoms with Crippen molar-refractivity contribution in [3.8, 4) is 5.75 Å². The van der Waals surface area contributed by atoms with Crippen LogP contribution in [0.1, 0.15) is 11.1 Å². The molecule has 0 aliphatic rings. The summed E-state index contributed by atoms with van der Waals surface area (Å²) in [5.41, 5.74) is 0.0520. The number of halogens is 3. The highest BCUT2D eigenvalue weighted by Gasteiger charge is 2.19. The molecular weight excluding hydrogens is 412 g/mol. The molecule has 2 N–H and O–H groups in total. The number of hydrogen-bond acceptors (Lipinski definition) is 4. The van der Waals surface area contributed by atoms with Crippen molar-refractivity contribution in [2.24, 2.45) is 0 Å². The van der Waals surface area contributed by atoms with Gasteiger partial charge in [0.25, 0.3) is 0 Å². The number of benzene rings is 2. The number of carboxylic acid groups (broad SMARTS) is 1. The first-order chi connectivity index (χ1) is 13.3. The van der Waals surface area contributed by atoms with E-state index in [1.807, 2.05) is 0 Å². The highest BCUT2D eigenvalue weighted by atomic mass is 35.5. The van der Waals surface area contributed by atoms with Gasteiger partial charge in [0.2, 0.25) is 5.43 Å². The van der Waals surface area contributed by atoms with Gasteiger partial charge >= 0.3 is 6.16 Å². The third-order valence-electron chi connectivity index (χ3n) is 4.18. The Labute approximate surface area is 168 Å². The molecule has 146 valence electrons. The van der Waals surface area contributed by atoms with Crippen LogP contribution in [-0.2, 0) is 13.0 Å². The van der Waals surface area contributed by atoms with Crippen LogP contribution < -0.4 is 10.2 Å². The lowest BCUT2D eigenvalue weighted by Crippen LogP contribution is -2.18. The number of aliphatic hydroxyl groups is 1. The van der Waals surface area contributed by atoms with Gasteiger partial charge in [-0.2, -0.15) is 0 Å². The largest absolute Gasteiger partial charge is 0.511 e. The Morgan fingerprint density at radius 2 is 1.93 bits per heavy atom. The summed E-state index contributed by atoms with van der Waals surface area (Å²) >= 11 is 12.2. The van der Waals surface area contributed by atoms with Crippen LogP contribution in [0.2, 0.25) is 10.0 Å². The minimum absolute atomic E-state index is 0.0195. The topological polar surface area (TPSA) is 88.8 Å².